The number of carbonyl (C=O) groups excluding carboxylic acids is 2. The summed E-state index contributed by atoms with van der Waals surface area (Å²) in [5.74, 6) is 0.151. The van der Waals surface area contributed by atoms with Gasteiger partial charge in [0.15, 0.2) is 11.5 Å². The van der Waals surface area contributed by atoms with Gasteiger partial charge in [-0.2, -0.15) is 9.90 Å². The predicted molar refractivity (Wildman–Crippen MR) is 147 cm³/mol. The number of ether oxygens (including phenoxy) is 1. The highest BCUT2D eigenvalue weighted by Gasteiger charge is 2.28. The fourth-order valence-corrected chi connectivity index (χ4v) is 4.57. The van der Waals surface area contributed by atoms with Gasteiger partial charge in [-0.3, -0.25) is 9.59 Å². The predicted octanol–water partition coefficient (Wildman–Crippen LogP) is 4.98. The summed E-state index contributed by atoms with van der Waals surface area (Å²) in [6, 6.07) is 22.2. The van der Waals surface area contributed by atoms with Gasteiger partial charge in [-0.25, -0.2) is 0 Å². The van der Waals surface area contributed by atoms with Crippen LogP contribution in [0.1, 0.15) is 51.5 Å². The van der Waals surface area contributed by atoms with Gasteiger partial charge in [-0.15, -0.1) is 5.10 Å². The highest BCUT2D eigenvalue weighted by molar-refractivity contribution is 6.10. The van der Waals surface area contributed by atoms with Crippen molar-refractivity contribution in [2.24, 2.45) is 0 Å². The zero-order valence-corrected chi connectivity index (χ0v) is 21.8. The van der Waals surface area contributed by atoms with E-state index in [0.29, 0.717) is 16.9 Å². The van der Waals surface area contributed by atoms with Crippen LogP contribution in [-0.4, -0.2) is 39.3 Å². The highest BCUT2D eigenvalue weighted by atomic mass is 16.5. The quantitative estimate of drug-likeness (QED) is 0.282. The van der Waals surface area contributed by atoms with E-state index >= 15 is 0 Å². The molecule has 0 unspecified atom stereocenters. The van der Waals surface area contributed by atoms with Crippen LogP contribution in [0.25, 0.3) is 11.4 Å². The molecule has 2 N–H and O–H groups in total. The van der Waals surface area contributed by atoms with E-state index in [-0.39, 0.29) is 17.0 Å². The molecule has 0 saturated heterocycles. The molecule has 1 aliphatic heterocycles. The number of fused-ring (bicyclic) bond motifs is 1. The van der Waals surface area contributed by atoms with E-state index in [4.69, 9.17) is 4.74 Å². The third-order valence-electron chi connectivity index (χ3n) is 6.38. The molecular formula is C30H29N5O3. The zero-order valence-electron chi connectivity index (χ0n) is 21.8. The molecule has 0 aliphatic carbocycles. The second-order valence-electron chi connectivity index (χ2n) is 9.92. The third-order valence-corrected chi connectivity index (χ3v) is 6.38. The van der Waals surface area contributed by atoms with Crippen molar-refractivity contribution in [1.82, 2.24) is 20.3 Å². The van der Waals surface area contributed by atoms with Crippen LogP contribution < -0.4 is 15.4 Å². The summed E-state index contributed by atoms with van der Waals surface area (Å²) in [6.07, 6.45) is 2.43. The molecule has 3 aromatic carbocycles. The van der Waals surface area contributed by atoms with Crippen LogP contribution >= 0.6 is 0 Å². The van der Waals surface area contributed by atoms with Crippen LogP contribution in [-0.2, 0) is 6.42 Å². The molecule has 0 bridgehead atoms. The molecule has 8 nitrogen and oxygen atoms in total. The van der Waals surface area contributed by atoms with Crippen molar-refractivity contribution in [3.63, 3.8) is 0 Å². The van der Waals surface area contributed by atoms with E-state index in [1.807, 2.05) is 48.5 Å². The number of nitrogens with zero attached hydrogens (tertiary/aromatic N) is 3. The molecule has 0 saturated carbocycles. The van der Waals surface area contributed by atoms with Gasteiger partial charge >= 0.3 is 0 Å². The largest absolute Gasteiger partial charge is 0.497 e. The number of aryl methyl sites for hydroxylation is 1. The Morgan fingerprint density at radius 2 is 1.82 bits per heavy atom. The summed E-state index contributed by atoms with van der Waals surface area (Å²) in [6.45, 7) is 5.94. The maximum absolute atomic E-state index is 13.3. The van der Waals surface area contributed by atoms with Crippen molar-refractivity contribution in [3.05, 3.63) is 107 Å². The SMILES string of the molecule is COc1ccc2c(c1)C(=CC(=O)c1cccc(NC(=O)c3nn(-c4ccccc4)nc3C)c1)NC(C)(C)C2. The number of carbonyl (C=O) groups is 2. The lowest BCUT2D eigenvalue weighted by Gasteiger charge is -2.35. The van der Waals surface area contributed by atoms with Gasteiger partial charge in [-0.1, -0.05) is 36.4 Å². The summed E-state index contributed by atoms with van der Waals surface area (Å²) in [5, 5.41) is 15.1. The molecule has 38 heavy (non-hydrogen) atoms. The van der Waals surface area contributed by atoms with Gasteiger partial charge < -0.3 is 15.4 Å². The molecule has 2 heterocycles. The first kappa shape index (κ1) is 25.0. The van der Waals surface area contributed by atoms with E-state index < -0.39 is 5.91 Å². The zero-order chi connectivity index (χ0) is 26.9. The van der Waals surface area contributed by atoms with Crippen LogP contribution in [0.3, 0.4) is 0 Å². The molecule has 1 aliphatic rings. The number of anilines is 1. The Morgan fingerprint density at radius 3 is 2.58 bits per heavy atom. The van der Waals surface area contributed by atoms with E-state index in [9.17, 15) is 9.59 Å². The molecule has 0 radical (unpaired) electrons. The van der Waals surface area contributed by atoms with Gasteiger partial charge in [0.25, 0.3) is 5.91 Å². The lowest BCUT2D eigenvalue weighted by atomic mass is 9.85. The molecule has 1 amide bonds. The Kier molecular flexibility index (Phi) is 6.55. The molecular weight excluding hydrogens is 478 g/mol. The number of allylic oxidation sites excluding steroid dienone is 1. The first-order valence-corrected chi connectivity index (χ1v) is 12.3. The molecule has 1 aromatic heterocycles. The van der Waals surface area contributed by atoms with Gasteiger partial charge in [0.1, 0.15) is 5.75 Å². The summed E-state index contributed by atoms with van der Waals surface area (Å²) >= 11 is 0. The number of hydrogen-bond acceptors (Lipinski definition) is 6. The fraction of sp³-hybridized carbons (Fsp3) is 0.200. The van der Waals surface area contributed by atoms with Gasteiger partial charge in [-0.05, 0) is 69.2 Å². The van der Waals surface area contributed by atoms with Crippen molar-refractivity contribution < 1.29 is 14.3 Å². The fourth-order valence-electron chi connectivity index (χ4n) is 4.57. The average Bonchev–Trinajstić information content (AvgIpc) is 3.30. The molecule has 8 heteroatoms. The molecule has 0 spiro atoms. The first-order valence-electron chi connectivity index (χ1n) is 12.3. The number of amides is 1. The summed E-state index contributed by atoms with van der Waals surface area (Å²) in [5.41, 5.74) is 5.04. The standard InChI is InChI=1S/C30H29N5O3/c1-19-28(34-35(33-19)23-11-6-5-7-12-23)29(37)31-22-10-8-9-20(15-22)27(36)17-26-25-16-24(38-4)14-13-21(25)18-30(2,3)32-26/h5-17,32H,18H2,1-4H3,(H,31,37). The van der Waals surface area contributed by atoms with Gasteiger partial charge in [0.2, 0.25) is 0 Å². The van der Waals surface area contributed by atoms with Crippen LogP contribution in [0.4, 0.5) is 5.69 Å². The topological polar surface area (TPSA) is 98.1 Å². The Morgan fingerprint density at radius 1 is 1.03 bits per heavy atom. The molecule has 0 fully saturated rings. The number of benzene rings is 3. The lowest BCUT2D eigenvalue weighted by Crippen LogP contribution is -2.43. The van der Waals surface area contributed by atoms with Crippen LogP contribution in [0.5, 0.6) is 5.75 Å². The second kappa shape index (κ2) is 9.97. The Hall–Kier alpha value is -4.72. The van der Waals surface area contributed by atoms with Crippen molar-refractivity contribution in [2.75, 3.05) is 12.4 Å². The smallest absolute Gasteiger partial charge is 0.278 e. The van der Waals surface area contributed by atoms with Crippen molar-refractivity contribution in [2.45, 2.75) is 32.7 Å². The number of para-hydroxylation sites is 1. The third kappa shape index (κ3) is 5.20. The lowest BCUT2D eigenvalue weighted by molar-refractivity contribution is 0.101. The van der Waals surface area contributed by atoms with Crippen molar-refractivity contribution in [1.29, 1.82) is 0 Å². The Bertz CT molecular complexity index is 1550. The number of hydrogen-bond donors (Lipinski definition) is 2. The van der Waals surface area contributed by atoms with Crippen molar-refractivity contribution >= 4 is 23.1 Å². The van der Waals surface area contributed by atoms with E-state index in [1.165, 1.54) is 4.80 Å². The summed E-state index contributed by atoms with van der Waals surface area (Å²) < 4.78 is 5.40. The normalized spacial score (nSPS) is 14.9. The number of rotatable bonds is 6. The molecule has 192 valence electrons. The minimum Gasteiger partial charge on any atom is -0.497 e. The molecule has 0 atom stereocenters. The Labute approximate surface area is 221 Å². The Balaban J connectivity index is 1.38. The molecule has 5 rings (SSSR count). The number of ketones is 1. The minimum absolute atomic E-state index is 0.179. The highest BCUT2D eigenvalue weighted by Crippen LogP contribution is 2.32. The van der Waals surface area contributed by atoms with E-state index in [2.05, 4.69) is 34.7 Å². The second-order valence-corrected chi connectivity index (χ2v) is 9.92. The van der Waals surface area contributed by atoms with Gasteiger partial charge in [0, 0.05) is 34.1 Å². The van der Waals surface area contributed by atoms with Crippen LogP contribution in [0, 0.1) is 6.92 Å². The summed E-state index contributed by atoms with van der Waals surface area (Å²) in [4.78, 5) is 27.8. The number of methoxy groups -OCH3 is 1. The maximum atomic E-state index is 13.3. The minimum atomic E-state index is -0.399. The van der Waals surface area contributed by atoms with Gasteiger partial charge in [0.05, 0.1) is 18.5 Å². The maximum Gasteiger partial charge on any atom is 0.278 e. The van der Waals surface area contributed by atoms with Crippen LogP contribution in [0.15, 0.2) is 78.9 Å². The summed E-state index contributed by atoms with van der Waals surface area (Å²) in [7, 11) is 1.62. The van der Waals surface area contributed by atoms with Crippen molar-refractivity contribution in [3.8, 4) is 11.4 Å². The number of nitrogens with one attached hydrogen (secondary N) is 2. The number of aromatic nitrogens is 3. The van der Waals surface area contributed by atoms with E-state index in [0.717, 1.165) is 34.7 Å². The molecule has 4 aromatic rings. The van der Waals surface area contributed by atoms with E-state index in [1.54, 1.807) is 44.4 Å². The monoisotopic (exact) mass is 507 g/mol. The average molecular weight is 508 g/mol. The van der Waals surface area contributed by atoms with Crippen LogP contribution in [0.2, 0.25) is 0 Å². The first-order chi connectivity index (χ1) is 18.2.